The second-order valence-corrected chi connectivity index (χ2v) is 6.94. The third-order valence-corrected chi connectivity index (χ3v) is 4.56. The first kappa shape index (κ1) is 19.8. The van der Waals surface area contributed by atoms with Gasteiger partial charge in [-0.1, -0.05) is 48.3 Å². The van der Waals surface area contributed by atoms with Crippen molar-refractivity contribution in [3.05, 3.63) is 45.2 Å². The maximum absolute atomic E-state index is 12.6. The van der Waals surface area contributed by atoms with Crippen molar-refractivity contribution in [2.24, 2.45) is 5.10 Å². The van der Waals surface area contributed by atoms with Crippen LogP contribution >= 0.6 is 23.2 Å². The van der Waals surface area contributed by atoms with Crippen molar-refractivity contribution in [3.63, 3.8) is 0 Å². The summed E-state index contributed by atoms with van der Waals surface area (Å²) in [6, 6.07) is 5.05. The first-order valence-electron chi connectivity index (χ1n) is 8.13. The number of nitrogens with two attached hydrogens (primary N) is 1. The van der Waals surface area contributed by atoms with Gasteiger partial charge in [0.25, 0.3) is 5.91 Å². The van der Waals surface area contributed by atoms with E-state index in [1.807, 2.05) is 13.8 Å². The molecule has 2 heterocycles. The van der Waals surface area contributed by atoms with E-state index in [4.69, 9.17) is 28.9 Å². The van der Waals surface area contributed by atoms with E-state index in [1.54, 1.807) is 25.1 Å². The highest BCUT2D eigenvalue weighted by molar-refractivity contribution is 6.42. The van der Waals surface area contributed by atoms with Crippen LogP contribution in [0.2, 0.25) is 10.0 Å². The summed E-state index contributed by atoms with van der Waals surface area (Å²) < 4.78 is 5.91. The predicted octanol–water partition coefficient (Wildman–Crippen LogP) is 2.82. The second kappa shape index (κ2) is 7.95. The molecule has 3 N–H and O–H groups in total. The third kappa shape index (κ3) is 3.82. The van der Waals surface area contributed by atoms with Crippen LogP contribution in [-0.4, -0.2) is 36.9 Å². The van der Waals surface area contributed by atoms with E-state index in [1.165, 1.54) is 4.68 Å². The normalized spacial score (nSPS) is 11.9. The Balaban J connectivity index is 1.87. The molecule has 10 nitrogen and oxygen atoms in total. The molecule has 28 heavy (non-hydrogen) atoms. The number of halogens is 2. The van der Waals surface area contributed by atoms with Crippen molar-refractivity contribution in [2.45, 2.75) is 26.7 Å². The molecule has 0 spiro atoms. The Labute approximate surface area is 169 Å². The fourth-order valence-electron chi connectivity index (χ4n) is 2.44. The molecule has 3 rings (SSSR count). The Kier molecular flexibility index (Phi) is 5.61. The Morgan fingerprint density at radius 2 is 2.04 bits per heavy atom. The molecule has 0 aliphatic rings. The Hall–Kier alpha value is -2.98. The molecule has 0 atom stereocenters. The number of amides is 1. The summed E-state index contributed by atoms with van der Waals surface area (Å²) in [6.45, 7) is 5.47. The van der Waals surface area contributed by atoms with E-state index in [-0.39, 0.29) is 23.2 Å². The number of nitrogens with zero attached hydrogens (tertiary/aromatic N) is 6. The summed E-state index contributed by atoms with van der Waals surface area (Å²) in [5.41, 5.74) is 10.0. The summed E-state index contributed by atoms with van der Waals surface area (Å²) in [6.07, 6.45) is 0. The highest BCUT2D eigenvalue weighted by atomic mass is 35.5. The zero-order chi connectivity index (χ0) is 20.4. The van der Waals surface area contributed by atoms with Crippen LogP contribution in [0.15, 0.2) is 27.9 Å². The molecule has 146 valence electrons. The minimum Gasteiger partial charge on any atom is -0.378 e. The number of hydrogen-bond donors (Lipinski definition) is 2. The molecule has 1 amide bonds. The second-order valence-electron chi connectivity index (χ2n) is 6.13. The average Bonchev–Trinajstić information content (AvgIpc) is 3.27. The van der Waals surface area contributed by atoms with E-state index in [0.717, 1.165) is 0 Å². The highest BCUT2D eigenvalue weighted by Gasteiger charge is 2.25. The lowest BCUT2D eigenvalue weighted by molar-refractivity contribution is 0.0948. The minimum absolute atomic E-state index is 0.0345. The van der Waals surface area contributed by atoms with Gasteiger partial charge in [-0.2, -0.15) is 9.78 Å². The number of aromatic nitrogens is 5. The molecule has 0 bridgehead atoms. The molecule has 1 aromatic carbocycles. The summed E-state index contributed by atoms with van der Waals surface area (Å²) in [7, 11) is 0. The fraction of sp³-hybridized carbons (Fsp3) is 0.250. The number of carbonyl (C=O) groups excluding carboxylic acids is 1. The van der Waals surface area contributed by atoms with E-state index >= 15 is 0 Å². The van der Waals surface area contributed by atoms with Gasteiger partial charge in [-0.15, -0.1) is 5.10 Å². The molecule has 0 saturated carbocycles. The molecule has 0 fully saturated rings. The van der Waals surface area contributed by atoms with Crippen LogP contribution in [0.5, 0.6) is 0 Å². The Morgan fingerprint density at radius 1 is 1.29 bits per heavy atom. The van der Waals surface area contributed by atoms with Gasteiger partial charge < -0.3 is 5.73 Å². The number of carbonyl (C=O) groups is 1. The number of benzene rings is 1. The lowest BCUT2D eigenvalue weighted by Crippen LogP contribution is -2.22. The molecule has 0 aliphatic carbocycles. The Bertz CT molecular complexity index is 1060. The minimum atomic E-state index is -0.538. The molecule has 2 aromatic heterocycles. The van der Waals surface area contributed by atoms with E-state index in [9.17, 15) is 4.79 Å². The van der Waals surface area contributed by atoms with Gasteiger partial charge in [0, 0.05) is 0 Å². The number of hydrogen-bond acceptors (Lipinski definition) is 8. The Morgan fingerprint density at radius 3 is 2.64 bits per heavy atom. The number of nitrogen functional groups attached to an aromatic ring is 1. The van der Waals surface area contributed by atoms with Gasteiger partial charge in [0.05, 0.1) is 21.5 Å². The van der Waals surface area contributed by atoms with Crippen LogP contribution in [0, 0.1) is 0 Å². The van der Waals surface area contributed by atoms with Crippen molar-refractivity contribution >= 4 is 40.6 Å². The van der Waals surface area contributed by atoms with Crippen LogP contribution in [0.25, 0.3) is 5.82 Å². The van der Waals surface area contributed by atoms with Crippen molar-refractivity contribution < 1.29 is 9.42 Å². The van der Waals surface area contributed by atoms with E-state index in [0.29, 0.717) is 27.0 Å². The van der Waals surface area contributed by atoms with Crippen LogP contribution in [0.4, 0.5) is 5.82 Å². The zero-order valence-corrected chi connectivity index (χ0v) is 16.7. The van der Waals surface area contributed by atoms with Crippen LogP contribution in [0.1, 0.15) is 48.4 Å². The molecule has 0 radical (unpaired) electrons. The fourth-order valence-corrected chi connectivity index (χ4v) is 2.73. The average molecular weight is 423 g/mol. The number of nitrogens with one attached hydrogen (secondary N) is 1. The molecule has 0 aliphatic heterocycles. The summed E-state index contributed by atoms with van der Waals surface area (Å²) in [4.78, 5) is 12.6. The standard InChI is InChI=1S/C16H16Cl2N8O2/c1-7(2)13-12(21-25-26(13)15-14(19)23-28-24-15)16(27)22-20-8(3)9-4-5-10(17)11(18)6-9/h4-7H,1-3H3,(H2,19,23)(H,22,27). The van der Waals surface area contributed by atoms with Gasteiger partial charge in [-0.05, 0) is 40.9 Å². The lowest BCUT2D eigenvalue weighted by atomic mass is 10.1. The molecular formula is C16H16Cl2N8O2. The molecule has 12 heteroatoms. The topological polar surface area (TPSA) is 137 Å². The third-order valence-electron chi connectivity index (χ3n) is 3.83. The summed E-state index contributed by atoms with van der Waals surface area (Å²) in [5, 5.41) is 20.0. The van der Waals surface area contributed by atoms with Gasteiger partial charge in [-0.25, -0.2) is 10.1 Å². The van der Waals surface area contributed by atoms with Crippen molar-refractivity contribution in [2.75, 3.05) is 5.73 Å². The first-order chi connectivity index (χ1) is 13.3. The highest BCUT2D eigenvalue weighted by Crippen LogP contribution is 2.24. The van der Waals surface area contributed by atoms with Crippen molar-refractivity contribution in [1.82, 2.24) is 30.7 Å². The summed E-state index contributed by atoms with van der Waals surface area (Å²) >= 11 is 11.9. The van der Waals surface area contributed by atoms with Crippen LogP contribution in [0.3, 0.4) is 0 Å². The van der Waals surface area contributed by atoms with Gasteiger partial charge in [0.15, 0.2) is 5.69 Å². The molecule has 3 aromatic rings. The van der Waals surface area contributed by atoms with E-state index < -0.39 is 5.91 Å². The first-order valence-corrected chi connectivity index (χ1v) is 8.89. The van der Waals surface area contributed by atoms with Crippen LogP contribution < -0.4 is 11.2 Å². The maximum atomic E-state index is 12.6. The zero-order valence-electron chi connectivity index (χ0n) is 15.1. The maximum Gasteiger partial charge on any atom is 0.293 e. The van der Waals surface area contributed by atoms with Gasteiger partial charge >= 0.3 is 0 Å². The molecule has 0 saturated heterocycles. The molecule has 0 unspecified atom stereocenters. The lowest BCUT2D eigenvalue weighted by Gasteiger charge is -2.08. The van der Waals surface area contributed by atoms with E-state index in [2.05, 4.69) is 35.8 Å². The van der Waals surface area contributed by atoms with Gasteiger partial charge in [0.1, 0.15) is 0 Å². The van der Waals surface area contributed by atoms with Crippen LogP contribution in [-0.2, 0) is 0 Å². The number of rotatable bonds is 5. The van der Waals surface area contributed by atoms with Crippen molar-refractivity contribution in [1.29, 1.82) is 0 Å². The smallest absolute Gasteiger partial charge is 0.293 e. The monoisotopic (exact) mass is 422 g/mol. The quantitative estimate of drug-likeness (QED) is 0.475. The van der Waals surface area contributed by atoms with Gasteiger partial charge in [-0.3, -0.25) is 4.79 Å². The van der Waals surface area contributed by atoms with Crippen molar-refractivity contribution in [3.8, 4) is 5.82 Å². The largest absolute Gasteiger partial charge is 0.378 e. The number of hydrazone groups is 1. The van der Waals surface area contributed by atoms with Gasteiger partial charge in [0.2, 0.25) is 11.6 Å². The SMILES string of the molecule is CC(=NNC(=O)c1nnn(-c2nonc2N)c1C(C)C)c1ccc(Cl)c(Cl)c1. The summed E-state index contributed by atoms with van der Waals surface area (Å²) in [5.74, 6) is -0.464. The molecular weight excluding hydrogens is 407 g/mol. The predicted molar refractivity (Wildman–Crippen MR) is 104 cm³/mol. The number of anilines is 1.